The third-order valence-corrected chi connectivity index (χ3v) is 4.18. The van der Waals surface area contributed by atoms with Crippen molar-refractivity contribution < 1.29 is 4.74 Å². The lowest BCUT2D eigenvalue weighted by molar-refractivity contribution is 0.147. The maximum Gasteiger partial charge on any atom is 0.0764 e. The lowest BCUT2D eigenvalue weighted by atomic mass is 9.96. The van der Waals surface area contributed by atoms with Crippen LogP contribution in [0, 0.1) is 0 Å². The number of alkyl halides is 1. The van der Waals surface area contributed by atoms with E-state index in [1.54, 1.807) is 7.11 Å². The van der Waals surface area contributed by atoms with Crippen LogP contribution in [0.2, 0.25) is 0 Å². The Labute approximate surface area is 127 Å². The molecular formula is C15H26ClN3O. The van der Waals surface area contributed by atoms with E-state index in [1.165, 1.54) is 32.1 Å². The van der Waals surface area contributed by atoms with Crippen LogP contribution in [-0.2, 0) is 11.3 Å². The van der Waals surface area contributed by atoms with Crippen LogP contribution in [0.5, 0.6) is 0 Å². The molecule has 0 spiro atoms. The van der Waals surface area contributed by atoms with Gasteiger partial charge in [0.05, 0.1) is 18.3 Å². The second-order valence-electron chi connectivity index (χ2n) is 5.54. The number of hydrogen-bond acceptors (Lipinski definition) is 3. The van der Waals surface area contributed by atoms with E-state index in [1.807, 2.05) is 0 Å². The minimum absolute atomic E-state index is 0.609. The molecule has 0 aromatic carbocycles. The standard InChI is InChI=1S/C15H26ClN3O/c1-20-12-11-18(10-8-16)13-14-7-9-19(17-14)15-5-3-2-4-6-15/h7,9,15H,2-6,8,10-13H2,1H3. The molecule has 1 aliphatic rings. The molecule has 0 amide bonds. The largest absolute Gasteiger partial charge is 0.383 e. The molecule has 114 valence electrons. The molecule has 4 nitrogen and oxygen atoms in total. The summed E-state index contributed by atoms with van der Waals surface area (Å²) >= 11 is 5.86. The van der Waals surface area contributed by atoms with Gasteiger partial charge in [-0.2, -0.15) is 5.10 Å². The zero-order chi connectivity index (χ0) is 14.2. The lowest BCUT2D eigenvalue weighted by Crippen LogP contribution is -2.29. The molecular weight excluding hydrogens is 274 g/mol. The van der Waals surface area contributed by atoms with Gasteiger partial charge < -0.3 is 4.74 Å². The third kappa shape index (κ3) is 4.76. The molecule has 0 bridgehead atoms. The van der Waals surface area contributed by atoms with Gasteiger partial charge in [-0.15, -0.1) is 11.6 Å². The first-order chi connectivity index (χ1) is 9.83. The first-order valence-corrected chi connectivity index (χ1v) is 8.18. The molecule has 0 saturated heterocycles. The van der Waals surface area contributed by atoms with E-state index in [0.717, 1.165) is 31.9 Å². The van der Waals surface area contributed by atoms with Gasteiger partial charge in [0.1, 0.15) is 0 Å². The molecule has 2 rings (SSSR count). The Bertz CT molecular complexity index is 377. The Balaban J connectivity index is 1.89. The number of nitrogens with zero attached hydrogens (tertiary/aromatic N) is 3. The monoisotopic (exact) mass is 299 g/mol. The fraction of sp³-hybridized carbons (Fsp3) is 0.800. The quantitative estimate of drug-likeness (QED) is 0.691. The van der Waals surface area contributed by atoms with Crippen LogP contribution >= 0.6 is 11.6 Å². The van der Waals surface area contributed by atoms with Gasteiger partial charge in [-0.05, 0) is 18.9 Å². The molecule has 0 aliphatic heterocycles. The van der Waals surface area contributed by atoms with E-state index in [2.05, 4.69) is 21.8 Å². The minimum Gasteiger partial charge on any atom is -0.383 e. The van der Waals surface area contributed by atoms with Crippen molar-refractivity contribution in [2.45, 2.75) is 44.7 Å². The van der Waals surface area contributed by atoms with Crippen molar-refractivity contribution in [2.24, 2.45) is 0 Å². The first kappa shape index (κ1) is 15.8. The Morgan fingerprint density at radius 1 is 1.35 bits per heavy atom. The number of hydrogen-bond donors (Lipinski definition) is 0. The van der Waals surface area contributed by atoms with E-state index in [9.17, 15) is 0 Å². The highest BCUT2D eigenvalue weighted by molar-refractivity contribution is 6.18. The fourth-order valence-electron chi connectivity index (χ4n) is 2.85. The number of aromatic nitrogens is 2. The van der Waals surface area contributed by atoms with E-state index >= 15 is 0 Å². The van der Waals surface area contributed by atoms with E-state index in [-0.39, 0.29) is 0 Å². The summed E-state index contributed by atoms with van der Waals surface area (Å²) in [6.07, 6.45) is 8.75. The predicted molar refractivity (Wildman–Crippen MR) is 82.2 cm³/mol. The molecule has 0 atom stereocenters. The molecule has 0 unspecified atom stereocenters. The fourth-order valence-corrected chi connectivity index (χ4v) is 3.09. The highest BCUT2D eigenvalue weighted by Gasteiger charge is 2.16. The summed E-state index contributed by atoms with van der Waals surface area (Å²) in [7, 11) is 1.73. The molecule has 20 heavy (non-hydrogen) atoms. The van der Waals surface area contributed by atoms with Crippen molar-refractivity contribution in [1.82, 2.24) is 14.7 Å². The van der Waals surface area contributed by atoms with E-state index in [0.29, 0.717) is 11.9 Å². The SMILES string of the molecule is COCCN(CCCl)Cc1ccn(C2CCCCC2)n1. The van der Waals surface area contributed by atoms with Crippen molar-refractivity contribution in [3.05, 3.63) is 18.0 Å². The highest BCUT2D eigenvalue weighted by atomic mass is 35.5. The molecule has 0 radical (unpaired) electrons. The third-order valence-electron chi connectivity index (χ3n) is 4.01. The van der Waals surface area contributed by atoms with Gasteiger partial charge in [0.2, 0.25) is 0 Å². The summed E-state index contributed by atoms with van der Waals surface area (Å²) in [4.78, 5) is 2.30. The molecule has 0 N–H and O–H groups in total. The lowest BCUT2D eigenvalue weighted by Gasteiger charge is -2.22. The summed E-state index contributed by atoms with van der Waals surface area (Å²) in [5, 5.41) is 4.76. The maximum absolute atomic E-state index is 5.86. The molecule has 1 fully saturated rings. The molecule has 1 aromatic heterocycles. The van der Waals surface area contributed by atoms with Gasteiger partial charge in [-0.3, -0.25) is 9.58 Å². The summed E-state index contributed by atoms with van der Waals surface area (Å²) in [6.45, 7) is 3.37. The van der Waals surface area contributed by atoms with Gasteiger partial charge >= 0.3 is 0 Å². The van der Waals surface area contributed by atoms with Gasteiger partial charge in [-0.1, -0.05) is 19.3 Å². The molecule has 1 saturated carbocycles. The summed E-state index contributed by atoms with van der Waals surface area (Å²) in [5.41, 5.74) is 1.14. The van der Waals surface area contributed by atoms with Crippen LogP contribution in [0.3, 0.4) is 0 Å². The van der Waals surface area contributed by atoms with Crippen molar-refractivity contribution in [3.63, 3.8) is 0 Å². The molecule has 5 heteroatoms. The number of ether oxygens (including phenoxy) is 1. The second kappa shape index (κ2) is 8.65. The number of rotatable bonds is 8. The minimum atomic E-state index is 0.609. The zero-order valence-corrected chi connectivity index (χ0v) is 13.2. The predicted octanol–water partition coefficient (Wildman–Crippen LogP) is 3.08. The molecule has 1 aliphatic carbocycles. The Morgan fingerprint density at radius 3 is 2.85 bits per heavy atom. The number of halogens is 1. The van der Waals surface area contributed by atoms with Crippen molar-refractivity contribution in [1.29, 1.82) is 0 Å². The smallest absolute Gasteiger partial charge is 0.0764 e. The van der Waals surface area contributed by atoms with Crippen molar-refractivity contribution in [2.75, 3.05) is 32.7 Å². The summed E-state index contributed by atoms with van der Waals surface area (Å²) in [6, 6.07) is 2.75. The van der Waals surface area contributed by atoms with Gasteiger partial charge in [0.25, 0.3) is 0 Å². The van der Waals surface area contributed by atoms with Gasteiger partial charge in [0, 0.05) is 38.8 Å². The van der Waals surface area contributed by atoms with Crippen molar-refractivity contribution >= 4 is 11.6 Å². The van der Waals surface area contributed by atoms with Crippen LogP contribution in [0.4, 0.5) is 0 Å². The average Bonchev–Trinajstić information content (AvgIpc) is 2.94. The van der Waals surface area contributed by atoms with Gasteiger partial charge in [-0.25, -0.2) is 0 Å². The molecule has 1 heterocycles. The Hall–Kier alpha value is -0.580. The Kier molecular flexibility index (Phi) is 6.83. The highest BCUT2D eigenvalue weighted by Crippen LogP contribution is 2.27. The van der Waals surface area contributed by atoms with Crippen molar-refractivity contribution in [3.8, 4) is 0 Å². The van der Waals surface area contributed by atoms with Crippen LogP contribution in [-0.4, -0.2) is 47.4 Å². The van der Waals surface area contributed by atoms with Crippen LogP contribution in [0.25, 0.3) is 0 Å². The summed E-state index contributed by atoms with van der Waals surface area (Å²) < 4.78 is 7.32. The normalized spacial score (nSPS) is 16.9. The first-order valence-electron chi connectivity index (χ1n) is 7.64. The number of methoxy groups -OCH3 is 1. The Morgan fingerprint density at radius 2 is 2.15 bits per heavy atom. The average molecular weight is 300 g/mol. The molecule has 1 aromatic rings. The zero-order valence-electron chi connectivity index (χ0n) is 12.4. The topological polar surface area (TPSA) is 30.3 Å². The van der Waals surface area contributed by atoms with Crippen LogP contribution in [0.15, 0.2) is 12.3 Å². The second-order valence-corrected chi connectivity index (χ2v) is 5.91. The van der Waals surface area contributed by atoms with Crippen LogP contribution < -0.4 is 0 Å². The van der Waals surface area contributed by atoms with E-state index < -0.39 is 0 Å². The maximum atomic E-state index is 5.86. The van der Waals surface area contributed by atoms with Crippen LogP contribution in [0.1, 0.15) is 43.8 Å². The van der Waals surface area contributed by atoms with E-state index in [4.69, 9.17) is 21.4 Å². The van der Waals surface area contributed by atoms with Gasteiger partial charge in [0.15, 0.2) is 0 Å². The summed E-state index contributed by atoms with van der Waals surface area (Å²) in [5.74, 6) is 0.646.